The van der Waals surface area contributed by atoms with Crippen LogP contribution in [0, 0.1) is 41.5 Å². The molecule has 8 aromatic carbocycles. The molecule has 2 aliphatic rings. The van der Waals surface area contributed by atoms with E-state index in [-0.39, 0.29) is 17.7 Å². The van der Waals surface area contributed by atoms with E-state index >= 15 is 0 Å². The van der Waals surface area contributed by atoms with Gasteiger partial charge in [0, 0.05) is 50.8 Å². The van der Waals surface area contributed by atoms with Crippen LogP contribution in [0.4, 0.5) is 28.4 Å². The predicted octanol–water partition coefficient (Wildman–Crippen LogP) is 16.1. The zero-order valence-corrected chi connectivity index (χ0v) is 40.7. The Morgan fingerprint density at radius 1 is 0.455 bits per heavy atom. The summed E-state index contributed by atoms with van der Waals surface area (Å²) in [5, 5.41) is 2.32. The van der Waals surface area contributed by atoms with Crippen molar-refractivity contribution in [3.63, 3.8) is 0 Å². The molecule has 0 atom stereocenters. The van der Waals surface area contributed by atoms with Gasteiger partial charge in [0.2, 0.25) is 0 Å². The predicted molar refractivity (Wildman–Crippen MR) is 284 cm³/mol. The van der Waals surface area contributed by atoms with Crippen LogP contribution in [0.15, 0.2) is 144 Å². The molecule has 3 nitrogen and oxygen atoms in total. The molecule has 0 radical (unpaired) electrons. The molecule has 0 N–H and O–H groups in total. The molecular formula is C62H59BN2O. The summed E-state index contributed by atoms with van der Waals surface area (Å²) in [6.45, 7) is 27.1. The van der Waals surface area contributed by atoms with Gasteiger partial charge in [0.05, 0.1) is 0 Å². The summed E-state index contributed by atoms with van der Waals surface area (Å²) in [7, 11) is 0. The minimum Gasteiger partial charge on any atom is -0.456 e. The van der Waals surface area contributed by atoms with Crippen molar-refractivity contribution < 1.29 is 4.42 Å². The third-order valence-corrected chi connectivity index (χ3v) is 14.5. The van der Waals surface area contributed by atoms with Gasteiger partial charge in [-0.05, 0) is 173 Å². The van der Waals surface area contributed by atoms with Crippen molar-refractivity contribution >= 4 is 68.1 Å². The van der Waals surface area contributed by atoms with Gasteiger partial charge in [-0.3, -0.25) is 0 Å². The van der Waals surface area contributed by atoms with Gasteiger partial charge in [0.15, 0.2) is 0 Å². The highest BCUT2D eigenvalue weighted by Crippen LogP contribution is 2.52. The molecule has 1 aromatic heterocycles. The minimum atomic E-state index is -0.146. The molecule has 9 aromatic rings. The Morgan fingerprint density at radius 2 is 1.06 bits per heavy atom. The Hall–Kier alpha value is -6.78. The molecular weight excluding hydrogens is 800 g/mol. The Kier molecular flexibility index (Phi) is 9.44. The lowest BCUT2D eigenvalue weighted by Crippen LogP contribution is -2.61. The second-order valence-electron chi connectivity index (χ2n) is 21.4. The molecule has 0 aliphatic carbocycles. The highest BCUT2D eigenvalue weighted by Gasteiger charge is 2.47. The van der Waals surface area contributed by atoms with Crippen molar-refractivity contribution in [1.82, 2.24) is 0 Å². The zero-order chi connectivity index (χ0) is 46.1. The van der Waals surface area contributed by atoms with Crippen molar-refractivity contribution in [2.45, 2.75) is 93.9 Å². The number of hydrogen-bond donors (Lipinski definition) is 0. The van der Waals surface area contributed by atoms with E-state index in [0.717, 1.165) is 27.9 Å². The highest BCUT2D eigenvalue weighted by molar-refractivity contribution is 6.94. The van der Waals surface area contributed by atoms with Crippen LogP contribution in [-0.4, -0.2) is 6.85 Å². The van der Waals surface area contributed by atoms with Crippen LogP contribution in [0.3, 0.4) is 0 Å². The maximum absolute atomic E-state index is 6.99. The number of para-hydroxylation sites is 1. The van der Waals surface area contributed by atoms with E-state index < -0.39 is 0 Å². The third-order valence-electron chi connectivity index (χ3n) is 14.5. The number of rotatable bonds is 4. The first kappa shape index (κ1) is 41.9. The van der Waals surface area contributed by atoms with Crippen LogP contribution < -0.4 is 20.6 Å². The zero-order valence-electron chi connectivity index (χ0n) is 40.7. The maximum atomic E-state index is 6.99. The first-order chi connectivity index (χ1) is 31.5. The molecule has 0 saturated heterocycles. The number of furan rings is 1. The van der Waals surface area contributed by atoms with Crippen molar-refractivity contribution in [2.24, 2.45) is 0 Å². The van der Waals surface area contributed by atoms with Gasteiger partial charge in [-0.15, -0.1) is 0 Å². The SMILES string of the molecule is Cc1cc(C)c(-c2cccc(N3c4cc(-c5c(C)cc(C)cc5C)ccc4B4c5c3cc3oc6ccccc6c3c5-c3cc(C(C)(C)C)ccc3N4c3ccc(C(C)(C)C)cc3)c2)c(C)c1. The van der Waals surface area contributed by atoms with E-state index in [2.05, 4.69) is 232 Å². The van der Waals surface area contributed by atoms with Crippen LogP contribution >= 0.6 is 0 Å². The average Bonchev–Trinajstić information content (AvgIpc) is 3.63. The third kappa shape index (κ3) is 6.55. The van der Waals surface area contributed by atoms with Crippen molar-refractivity contribution in [3.05, 3.63) is 184 Å². The molecule has 3 heterocycles. The summed E-state index contributed by atoms with van der Waals surface area (Å²) in [6.07, 6.45) is 0. The largest absolute Gasteiger partial charge is 0.456 e. The fourth-order valence-corrected chi connectivity index (χ4v) is 11.6. The van der Waals surface area contributed by atoms with Gasteiger partial charge in [-0.1, -0.05) is 138 Å². The number of fused-ring (bicyclic) bond motifs is 8. The lowest BCUT2D eigenvalue weighted by Gasteiger charge is -2.46. The summed E-state index contributed by atoms with van der Waals surface area (Å²) in [6, 6.07) is 53.4. The Morgan fingerprint density at radius 3 is 1.70 bits per heavy atom. The molecule has 0 spiro atoms. The number of hydrogen-bond acceptors (Lipinski definition) is 3. The van der Waals surface area contributed by atoms with Crippen LogP contribution in [0.5, 0.6) is 0 Å². The van der Waals surface area contributed by atoms with E-state index in [1.54, 1.807) is 0 Å². The molecule has 0 unspecified atom stereocenters. The minimum absolute atomic E-state index is 0.0262. The molecule has 11 rings (SSSR count). The van der Waals surface area contributed by atoms with E-state index in [0.29, 0.717) is 0 Å². The lowest BCUT2D eigenvalue weighted by molar-refractivity contribution is 0.590. The monoisotopic (exact) mass is 858 g/mol. The molecule has 4 heteroatoms. The first-order valence-corrected chi connectivity index (χ1v) is 23.7. The first-order valence-electron chi connectivity index (χ1n) is 23.7. The van der Waals surface area contributed by atoms with E-state index in [1.807, 2.05) is 0 Å². The van der Waals surface area contributed by atoms with Gasteiger partial charge >= 0.3 is 6.85 Å². The van der Waals surface area contributed by atoms with Crippen molar-refractivity contribution in [1.29, 1.82) is 0 Å². The van der Waals surface area contributed by atoms with E-state index in [4.69, 9.17) is 4.42 Å². The molecule has 0 amide bonds. The Balaban J connectivity index is 1.29. The normalized spacial score (nSPS) is 13.4. The summed E-state index contributed by atoms with van der Waals surface area (Å²) >= 11 is 0. The molecule has 0 saturated carbocycles. The maximum Gasteiger partial charge on any atom is 0.333 e. The lowest BCUT2D eigenvalue weighted by atomic mass is 9.43. The molecule has 0 fully saturated rings. The van der Waals surface area contributed by atoms with Gasteiger partial charge in [-0.2, -0.15) is 0 Å². The summed E-state index contributed by atoms with van der Waals surface area (Å²) in [5.74, 6) is 0. The quantitative estimate of drug-likeness (QED) is 0.164. The van der Waals surface area contributed by atoms with Crippen LogP contribution in [0.1, 0.15) is 86.1 Å². The fourth-order valence-electron chi connectivity index (χ4n) is 11.6. The number of nitrogens with zero attached hydrogens (tertiary/aromatic N) is 2. The van der Waals surface area contributed by atoms with E-state index in [1.165, 1.54) is 111 Å². The Bertz CT molecular complexity index is 3420. The van der Waals surface area contributed by atoms with Crippen molar-refractivity contribution in [2.75, 3.05) is 9.71 Å². The van der Waals surface area contributed by atoms with Crippen molar-refractivity contribution in [3.8, 4) is 33.4 Å². The second-order valence-corrected chi connectivity index (χ2v) is 21.4. The van der Waals surface area contributed by atoms with Gasteiger partial charge in [-0.25, -0.2) is 0 Å². The molecule has 66 heavy (non-hydrogen) atoms. The molecule has 2 aliphatic heterocycles. The second kappa shape index (κ2) is 14.9. The van der Waals surface area contributed by atoms with Gasteiger partial charge in [0.1, 0.15) is 11.2 Å². The summed E-state index contributed by atoms with van der Waals surface area (Å²) in [4.78, 5) is 5.20. The van der Waals surface area contributed by atoms with E-state index in [9.17, 15) is 0 Å². The topological polar surface area (TPSA) is 19.6 Å². The number of anilines is 5. The van der Waals surface area contributed by atoms with Crippen LogP contribution in [0.2, 0.25) is 0 Å². The smallest absolute Gasteiger partial charge is 0.333 e. The highest BCUT2D eigenvalue weighted by atomic mass is 16.3. The fraction of sp³-hybridized carbons (Fsp3) is 0.226. The van der Waals surface area contributed by atoms with Gasteiger partial charge < -0.3 is 14.1 Å². The average molecular weight is 859 g/mol. The molecule has 326 valence electrons. The summed E-state index contributed by atoms with van der Waals surface area (Å²) in [5.41, 5.74) is 28.0. The summed E-state index contributed by atoms with van der Waals surface area (Å²) < 4.78 is 6.99. The van der Waals surface area contributed by atoms with Crippen LogP contribution in [0.25, 0.3) is 55.3 Å². The standard InChI is InChI=1S/C62H59BN2O/c1-36-28-38(3)56(39(4)29-36)42-16-15-17-47(32-42)64-52-33-43(57-40(5)30-37(2)31-41(57)6)20-26-50(52)63-60-53(64)35-55-58(48-18-13-14-19-54(48)66-55)59(60)49-34-45(62(10,11)12)23-27-51(49)65(63)46-24-21-44(22-25-46)61(7,8)9/h13-35H,1-12H3. The Labute approximate surface area is 391 Å². The number of benzene rings is 8. The molecule has 0 bridgehead atoms. The number of aryl methyl sites for hydroxylation is 6. The van der Waals surface area contributed by atoms with Crippen LogP contribution in [-0.2, 0) is 10.8 Å². The van der Waals surface area contributed by atoms with Gasteiger partial charge in [0.25, 0.3) is 0 Å².